The van der Waals surface area contributed by atoms with Gasteiger partial charge in [-0.2, -0.15) is 0 Å². The van der Waals surface area contributed by atoms with Crippen LogP contribution < -0.4 is 0 Å². The SMILES string of the molecule is CC(C)(C)C1CCC2(CC1)OCC(CCCCN1CCCCC1)O2. The zero-order valence-corrected chi connectivity index (χ0v) is 16.3. The average Bonchev–Trinajstić information content (AvgIpc) is 2.95. The van der Waals surface area contributed by atoms with Crippen LogP contribution >= 0.6 is 0 Å². The van der Waals surface area contributed by atoms with E-state index in [2.05, 4.69) is 25.7 Å². The van der Waals surface area contributed by atoms with Gasteiger partial charge in [0.05, 0.1) is 12.7 Å². The number of rotatable bonds is 5. The van der Waals surface area contributed by atoms with Gasteiger partial charge in [-0.05, 0) is 75.9 Å². The average molecular weight is 338 g/mol. The predicted octanol–water partition coefficient (Wildman–Crippen LogP) is 4.99. The molecular formula is C21H39NO2. The van der Waals surface area contributed by atoms with Crippen LogP contribution in [0.3, 0.4) is 0 Å². The van der Waals surface area contributed by atoms with Gasteiger partial charge in [-0.25, -0.2) is 0 Å². The molecule has 0 bridgehead atoms. The van der Waals surface area contributed by atoms with E-state index in [0.717, 1.165) is 25.4 Å². The summed E-state index contributed by atoms with van der Waals surface area (Å²) >= 11 is 0. The molecule has 3 fully saturated rings. The molecule has 0 aromatic carbocycles. The van der Waals surface area contributed by atoms with Crippen LogP contribution in [0.5, 0.6) is 0 Å². The minimum Gasteiger partial charge on any atom is -0.347 e. The van der Waals surface area contributed by atoms with Crippen molar-refractivity contribution >= 4 is 0 Å². The molecule has 3 aliphatic rings. The maximum atomic E-state index is 6.41. The van der Waals surface area contributed by atoms with Crippen LogP contribution in [0.25, 0.3) is 0 Å². The Morgan fingerprint density at radius 1 is 1.00 bits per heavy atom. The second-order valence-electron chi connectivity index (χ2n) is 9.50. The van der Waals surface area contributed by atoms with E-state index in [1.54, 1.807) is 0 Å². The molecule has 3 rings (SSSR count). The van der Waals surface area contributed by atoms with Crippen molar-refractivity contribution in [3.8, 4) is 0 Å². The van der Waals surface area contributed by atoms with Crippen molar-refractivity contribution in [2.75, 3.05) is 26.2 Å². The second kappa shape index (κ2) is 8.05. The molecule has 2 aliphatic heterocycles. The third kappa shape index (κ3) is 4.95. The van der Waals surface area contributed by atoms with E-state index in [9.17, 15) is 0 Å². The van der Waals surface area contributed by atoms with Gasteiger partial charge in [0, 0.05) is 12.8 Å². The minimum atomic E-state index is -0.223. The molecule has 0 radical (unpaired) electrons. The van der Waals surface area contributed by atoms with Crippen LogP contribution in [-0.4, -0.2) is 43.0 Å². The van der Waals surface area contributed by atoms with Crippen molar-refractivity contribution < 1.29 is 9.47 Å². The van der Waals surface area contributed by atoms with E-state index in [0.29, 0.717) is 11.5 Å². The first-order chi connectivity index (χ1) is 11.5. The van der Waals surface area contributed by atoms with Gasteiger partial charge in [-0.15, -0.1) is 0 Å². The highest BCUT2D eigenvalue weighted by Gasteiger charge is 2.45. The molecule has 0 N–H and O–H groups in total. The zero-order chi connectivity index (χ0) is 17.0. The van der Waals surface area contributed by atoms with Crippen molar-refractivity contribution in [2.24, 2.45) is 11.3 Å². The Kier molecular flexibility index (Phi) is 6.26. The third-order valence-electron chi connectivity index (χ3n) is 6.58. The highest BCUT2D eigenvalue weighted by atomic mass is 16.7. The molecule has 0 aromatic heterocycles. The van der Waals surface area contributed by atoms with Crippen molar-refractivity contribution in [3.05, 3.63) is 0 Å². The number of hydrogen-bond donors (Lipinski definition) is 0. The van der Waals surface area contributed by atoms with Crippen molar-refractivity contribution in [1.29, 1.82) is 0 Å². The van der Waals surface area contributed by atoms with E-state index < -0.39 is 0 Å². The maximum Gasteiger partial charge on any atom is 0.168 e. The van der Waals surface area contributed by atoms with E-state index in [1.165, 1.54) is 71.0 Å². The number of ether oxygens (including phenoxy) is 2. The summed E-state index contributed by atoms with van der Waals surface area (Å²) in [6.07, 6.45) is 13.1. The number of piperidine rings is 1. The molecule has 0 amide bonds. The monoisotopic (exact) mass is 337 g/mol. The largest absolute Gasteiger partial charge is 0.347 e. The zero-order valence-electron chi connectivity index (χ0n) is 16.3. The molecule has 1 unspecified atom stereocenters. The molecule has 140 valence electrons. The Labute approximate surface area is 149 Å². The fourth-order valence-corrected chi connectivity index (χ4v) is 4.84. The fraction of sp³-hybridized carbons (Fsp3) is 1.00. The summed E-state index contributed by atoms with van der Waals surface area (Å²) in [5.41, 5.74) is 0.425. The smallest absolute Gasteiger partial charge is 0.168 e. The number of unbranched alkanes of at least 4 members (excludes halogenated alkanes) is 1. The molecule has 3 nitrogen and oxygen atoms in total. The van der Waals surface area contributed by atoms with Gasteiger partial charge in [-0.3, -0.25) is 0 Å². The highest BCUT2D eigenvalue weighted by molar-refractivity contribution is 4.88. The van der Waals surface area contributed by atoms with Crippen LogP contribution in [-0.2, 0) is 9.47 Å². The van der Waals surface area contributed by atoms with E-state index in [1.807, 2.05) is 0 Å². The standard InChI is InChI=1S/C21H39NO2/c1-20(2,3)18-10-12-21(13-11-18)23-17-19(24-21)9-5-8-16-22-14-6-4-7-15-22/h18-19H,4-17H2,1-3H3. The normalized spacial score (nSPS) is 35.6. The summed E-state index contributed by atoms with van der Waals surface area (Å²) in [5.74, 6) is 0.596. The minimum absolute atomic E-state index is 0.223. The first kappa shape index (κ1) is 18.7. The predicted molar refractivity (Wildman–Crippen MR) is 99.1 cm³/mol. The number of hydrogen-bond acceptors (Lipinski definition) is 3. The molecule has 1 spiro atoms. The summed E-state index contributed by atoms with van der Waals surface area (Å²) < 4.78 is 12.6. The van der Waals surface area contributed by atoms with E-state index >= 15 is 0 Å². The summed E-state index contributed by atoms with van der Waals surface area (Å²) in [6, 6.07) is 0. The summed E-state index contributed by atoms with van der Waals surface area (Å²) in [6.45, 7) is 11.9. The van der Waals surface area contributed by atoms with Gasteiger partial charge >= 0.3 is 0 Å². The molecule has 24 heavy (non-hydrogen) atoms. The highest BCUT2D eigenvalue weighted by Crippen LogP contribution is 2.45. The lowest BCUT2D eigenvalue weighted by molar-refractivity contribution is -0.197. The molecule has 1 aliphatic carbocycles. The Morgan fingerprint density at radius 2 is 1.71 bits per heavy atom. The van der Waals surface area contributed by atoms with Gasteiger partial charge in [0.1, 0.15) is 0 Å². The molecule has 2 heterocycles. The van der Waals surface area contributed by atoms with Gasteiger partial charge in [-0.1, -0.05) is 27.2 Å². The second-order valence-corrected chi connectivity index (χ2v) is 9.50. The van der Waals surface area contributed by atoms with Crippen molar-refractivity contribution in [2.45, 2.75) is 96.9 Å². The van der Waals surface area contributed by atoms with E-state index in [-0.39, 0.29) is 5.79 Å². The van der Waals surface area contributed by atoms with Gasteiger partial charge in [0.2, 0.25) is 0 Å². The fourth-order valence-electron chi connectivity index (χ4n) is 4.84. The molecule has 2 saturated heterocycles. The van der Waals surface area contributed by atoms with Crippen LogP contribution in [0, 0.1) is 11.3 Å². The Bertz CT molecular complexity index is 376. The van der Waals surface area contributed by atoms with E-state index in [4.69, 9.17) is 9.47 Å². The molecule has 0 aromatic rings. The topological polar surface area (TPSA) is 21.7 Å². The summed E-state index contributed by atoms with van der Waals surface area (Å²) in [4.78, 5) is 2.64. The lowest BCUT2D eigenvalue weighted by atomic mass is 9.71. The lowest BCUT2D eigenvalue weighted by Crippen LogP contribution is -2.38. The first-order valence-corrected chi connectivity index (χ1v) is 10.5. The molecule has 1 atom stereocenters. The van der Waals surface area contributed by atoms with Crippen LogP contribution in [0.2, 0.25) is 0 Å². The van der Waals surface area contributed by atoms with Crippen LogP contribution in [0.4, 0.5) is 0 Å². The Hall–Kier alpha value is -0.120. The number of nitrogens with zero attached hydrogens (tertiary/aromatic N) is 1. The van der Waals surface area contributed by atoms with Crippen molar-refractivity contribution in [3.63, 3.8) is 0 Å². The summed E-state index contributed by atoms with van der Waals surface area (Å²) in [5, 5.41) is 0. The Balaban J connectivity index is 1.32. The molecule has 1 saturated carbocycles. The quantitative estimate of drug-likeness (QED) is 0.660. The molecule has 3 heteroatoms. The molecular weight excluding hydrogens is 298 g/mol. The Morgan fingerprint density at radius 3 is 2.38 bits per heavy atom. The summed E-state index contributed by atoms with van der Waals surface area (Å²) in [7, 11) is 0. The van der Waals surface area contributed by atoms with Gasteiger partial charge in [0.25, 0.3) is 0 Å². The van der Waals surface area contributed by atoms with Gasteiger partial charge in [0.15, 0.2) is 5.79 Å². The van der Waals surface area contributed by atoms with Crippen molar-refractivity contribution in [1.82, 2.24) is 4.90 Å². The van der Waals surface area contributed by atoms with Gasteiger partial charge < -0.3 is 14.4 Å². The maximum absolute atomic E-state index is 6.41. The lowest BCUT2D eigenvalue weighted by Gasteiger charge is -2.41. The number of likely N-dealkylation sites (tertiary alicyclic amines) is 1. The first-order valence-electron chi connectivity index (χ1n) is 10.5. The van der Waals surface area contributed by atoms with Crippen LogP contribution in [0.1, 0.15) is 85.0 Å². The van der Waals surface area contributed by atoms with Crippen LogP contribution in [0.15, 0.2) is 0 Å². The third-order valence-corrected chi connectivity index (χ3v) is 6.58.